The lowest BCUT2D eigenvalue weighted by Gasteiger charge is -2.36. The molecule has 0 spiro atoms. The third kappa shape index (κ3) is 4.26. The van der Waals surface area contributed by atoms with E-state index < -0.39 is 0 Å². The normalized spacial score (nSPS) is 14.8. The molecule has 0 radical (unpaired) electrons. The van der Waals surface area contributed by atoms with Crippen molar-refractivity contribution >= 4 is 23.2 Å². The summed E-state index contributed by atoms with van der Waals surface area (Å²) in [4.78, 5) is 16.6. The number of amides is 1. The second-order valence-electron chi connectivity index (χ2n) is 5.83. The van der Waals surface area contributed by atoms with Crippen LogP contribution in [-0.2, 0) is 11.2 Å². The van der Waals surface area contributed by atoms with Gasteiger partial charge in [0.1, 0.15) is 0 Å². The summed E-state index contributed by atoms with van der Waals surface area (Å²) in [5.41, 5.74) is 2.35. The number of anilines is 1. The van der Waals surface area contributed by atoms with Crippen LogP contribution in [0.5, 0.6) is 0 Å². The van der Waals surface area contributed by atoms with Crippen LogP contribution in [0.4, 0.5) is 5.69 Å². The molecular weight excluding hydrogens is 308 g/mol. The first-order chi connectivity index (χ1) is 11.2. The molecule has 1 amide bonds. The molecule has 0 bridgehead atoms. The number of benzene rings is 2. The van der Waals surface area contributed by atoms with Gasteiger partial charge in [-0.1, -0.05) is 48.0 Å². The number of hydrogen-bond donors (Lipinski definition) is 0. The number of rotatable bonds is 4. The molecule has 2 aromatic rings. The number of aryl methyl sites for hydroxylation is 1. The molecule has 1 aliphatic heterocycles. The van der Waals surface area contributed by atoms with Crippen molar-refractivity contribution in [2.45, 2.75) is 12.8 Å². The second-order valence-corrected chi connectivity index (χ2v) is 6.27. The molecule has 4 heteroatoms. The molecule has 3 nitrogen and oxygen atoms in total. The number of carbonyl (C=O) groups excluding carboxylic acids is 1. The van der Waals surface area contributed by atoms with E-state index in [1.807, 2.05) is 41.3 Å². The summed E-state index contributed by atoms with van der Waals surface area (Å²) in [5.74, 6) is 0.250. The number of piperazine rings is 1. The maximum Gasteiger partial charge on any atom is 0.223 e. The maximum atomic E-state index is 12.4. The summed E-state index contributed by atoms with van der Waals surface area (Å²) in [6, 6.07) is 18.1. The minimum atomic E-state index is 0.250. The van der Waals surface area contributed by atoms with E-state index in [-0.39, 0.29) is 5.91 Å². The van der Waals surface area contributed by atoms with E-state index in [2.05, 4.69) is 23.1 Å². The molecule has 1 aliphatic rings. The zero-order valence-corrected chi connectivity index (χ0v) is 13.9. The van der Waals surface area contributed by atoms with E-state index >= 15 is 0 Å². The molecule has 0 aromatic heterocycles. The highest BCUT2D eigenvalue weighted by Crippen LogP contribution is 2.21. The summed E-state index contributed by atoms with van der Waals surface area (Å²) in [6.07, 6.45) is 1.40. The van der Waals surface area contributed by atoms with Gasteiger partial charge >= 0.3 is 0 Å². The summed E-state index contributed by atoms with van der Waals surface area (Å²) in [6.45, 7) is 3.27. The molecule has 1 heterocycles. The van der Waals surface area contributed by atoms with Crippen LogP contribution in [0.15, 0.2) is 54.6 Å². The Morgan fingerprint density at radius 1 is 0.957 bits per heavy atom. The van der Waals surface area contributed by atoms with E-state index in [0.717, 1.165) is 43.3 Å². The van der Waals surface area contributed by atoms with Crippen molar-refractivity contribution in [2.75, 3.05) is 31.1 Å². The van der Waals surface area contributed by atoms with Crippen LogP contribution in [0, 0.1) is 0 Å². The molecule has 2 aromatic carbocycles. The smallest absolute Gasteiger partial charge is 0.223 e. The van der Waals surface area contributed by atoms with Crippen LogP contribution in [-0.4, -0.2) is 37.0 Å². The van der Waals surface area contributed by atoms with Crippen LogP contribution < -0.4 is 4.90 Å². The number of nitrogens with zero attached hydrogens (tertiary/aromatic N) is 2. The van der Waals surface area contributed by atoms with Crippen molar-refractivity contribution in [3.05, 3.63) is 65.2 Å². The van der Waals surface area contributed by atoms with E-state index in [1.54, 1.807) is 0 Å². The first-order valence-electron chi connectivity index (χ1n) is 8.04. The number of hydrogen-bond acceptors (Lipinski definition) is 2. The summed E-state index contributed by atoms with van der Waals surface area (Å²) in [7, 11) is 0. The van der Waals surface area contributed by atoms with Gasteiger partial charge in [-0.3, -0.25) is 4.79 Å². The van der Waals surface area contributed by atoms with Gasteiger partial charge in [0.2, 0.25) is 5.91 Å². The largest absolute Gasteiger partial charge is 0.368 e. The highest BCUT2D eigenvalue weighted by molar-refractivity contribution is 6.30. The van der Waals surface area contributed by atoms with Gasteiger partial charge in [-0.2, -0.15) is 0 Å². The predicted molar refractivity (Wildman–Crippen MR) is 95.0 cm³/mol. The van der Waals surface area contributed by atoms with E-state index in [4.69, 9.17) is 11.6 Å². The van der Waals surface area contributed by atoms with Crippen molar-refractivity contribution in [1.82, 2.24) is 4.90 Å². The first-order valence-corrected chi connectivity index (χ1v) is 8.42. The Labute approximate surface area is 142 Å². The van der Waals surface area contributed by atoms with Crippen LogP contribution in [0.2, 0.25) is 5.02 Å². The van der Waals surface area contributed by atoms with Crippen molar-refractivity contribution in [1.29, 1.82) is 0 Å². The van der Waals surface area contributed by atoms with Crippen LogP contribution >= 0.6 is 11.6 Å². The fourth-order valence-electron chi connectivity index (χ4n) is 2.94. The lowest BCUT2D eigenvalue weighted by atomic mass is 10.1. The van der Waals surface area contributed by atoms with Crippen LogP contribution in [0.3, 0.4) is 0 Å². The Bertz CT molecular complexity index is 651. The summed E-state index contributed by atoms with van der Waals surface area (Å²) in [5, 5.41) is 0.754. The van der Waals surface area contributed by atoms with Gasteiger partial charge < -0.3 is 9.80 Å². The molecule has 0 saturated carbocycles. The predicted octanol–water partition coefficient (Wildman–Crippen LogP) is 3.62. The minimum Gasteiger partial charge on any atom is -0.368 e. The fourth-order valence-corrected chi connectivity index (χ4v) is 3.13. The molecule has 120 valence electrons. The third-order valence-corrected chi connectivity index (χ3v) is 4.51. The van der Waals surface area contributed by atoms with Crippen LogP contribution in [0.1, 0.15) is 12.0 Å². The highest BCUT2D eigenvalue weighted by Gasteiger charge is 2.21. The molecule has 1 fully saturated rings. The summed E-state index contributed by atoms with van der Waals surface area (Å²) >= 11 is 6.05. The minimum absolute atomic E-state index is 0.250. The van der Waals surface area contributed by atoms with Gasteiger partial charge in [-0.25, -0.2) is 0 Å². The lowest BCUT2D eigenvalue weighted by molar-refractivity contribution is -0.131. The Morgan fingerprint density at radius 2 is 1.70 bits per heavy atom. The SMILES string of the molecule is O=C(CCc1ccccc1)N1CCN(c2cccc(Cl)c2)CC1. The molecule has 3 rings (SSSR count). The van der Waals surface area contributed by atoms with E-state index in [9.17, 15) is 4.79 Å². The topological polar surface area (TPSA) is 23.6 Å². The Kier molecular flexibility index (Phi) is 5.19. The average Bonchev–Trinajstić information content (AvgIpc) is 2.61. The zero-order valence-electron chi connectivity index (χ0n) is 13.1. The van der Waals surface area contributed by atoms with Crippen molar-refractivity contribution < 1.29 is 4.79 Å². The molecule has 23 heavy (non-hydrogen) atoms. The maximum absolute atomic E-state index is 12.4. The summed E-state index contributed by atoms with van der Waals surface area (Å²) < 4.78 is 0. The Hall–Kier alpha value is -2.00. The Morgan fingerprint density at radius 3 is 2.39 bits per heavy atom. The monoisotopic (exact) mass is 328 g/mol. The lowest BCUT2D eigenvalue weighted by Crippen LogP contribution is -2.48. The first kappa shape index (κ1) is 15.9. The van der Waals surface area contributed by atoms with E-state index in [0.29, 0.717) is 6.42 Å². The average molecular weight is 329 g/mol. The molecule has 1 saturated heterocycles. The van der Waals surface area contributed by atoms with Gasteiger partial charge in [0.25, 0.3) is 0 Å². The van der Waals surface area contributed by atoms with Crippen molar-refractivity contribution in [3.8, 4) is 0 Å². The molecular formula is C19H21ClN2O. The van der Waals surface area contributed by atoms with Crippen LogP contribution in [0.25, 0.3) is 0 Å². The zero-order chi connectivity index (χ0) is 16.1. The molecule has 0 N–H and O–H groups in total. The number of carbonyl (C=O) groups is 1. The van der Waals surface area contributed by atoms with Crippen molar-refractivity contribution in [3.63, 3.8) is 0 Å². The van der Waals surface area contributed by atoms with E-state index in [1.165, 1.54) is 5.56 Å². The van der Waals surface area contributed by atoms with Gasteiger partial charge in [0.05, 0.1) is 0 Å². The van der Waals surface area contributed by atoms with Gasteiger partial charge in [-0.05, 0) is 30.2 Å². The molecule has 0 aliphatic carbocycles. The third-order valence-electron chi connectivity index (χ3n) is 4.28. The number of halogens is 1. The van der Waals surface area contributed by atoms with Gasteiger partial charge in [0.15, 0.2) is 0 Å². The Balaban J connectivity index is 1.49. The highest BCUT2D eigenvalue weighted by atomic mass is 35.5. The molecule has 0 unspecified atom stereocenters. The van der Waals surface area contributed by atoms with Gasteiger partial charge in [-0.15, -0.1) is 0 Å². The van der Waals surface area contributed by atoms with Gasteiger partial charge in [0, 0.05) is 43.3 Å². The second kappa shape index (κ2) is 7.51. The quantitative estimate of drug-likeness (QED) is 0.855. The molecule has 0 atom stereocenters. The standard InChI is InChI=1S/C19H21ClN2O/c20-17-7-4-8-18(15-17)21-11-13-22(14-12-21)19(23)10-9-16-5-2-1-3-6-16/h1-8,15H,9-14H2. The van der Waals surface area contributed by atoms with Crippen molar-refractivity contribution in [2.24, 2.45) is 0 Å². The fraction of sp³-hybridized carbons (Fsp3) is 0.316.